The number of hydrogen-bond donors (Lipinski definition) is 0. The third kappa shape index (κ3) is 7.86. The number of benzene rings is 15. The Morgan fingerprint density at radius 1 is 0.317 bits per heavy atom. The van der Waals surface area contributed by atoms with E-state index in [-0.39, 0.29) is 43.8 Å². The molecule has 101 heavy (non-hydrogen) atoms. The van der Waals surface area contributed by atoms with Crippen molar-refractivity contribution in [3.63, 3.8) is 0 Å². The van der Waals surface area contributed by atoms with Gasteiger partial charge in [-0.2, -0.15) is 0 Å². The molecule has 21 rings (SSSR count). The van der Waals surface area contributed by atoms with Crippen molar-refractivity contribution in [1.29, 1.82) is 0 Å². The molecule has 0 atom stereocenters. The first kappa shape index (κ1) is 39.8. The van der Waals surface area contributed by atoms with Gasteiger partial charge in [-0.15, -0.1) is 0 Å². The van der Waals surface area contributed by atoms with E-state index in [1.165, 1.54) is 0 Å². The van der Waals surface area contributed by atoms with Crippen molar-refractivity contribution in [3.8, 4) is 33.6 Å². The third-order valence-corrected chi connectivity index (χ3v) is 21.3. The van der Waals surface area contributed by atoms with E-state index in [0.717, 1.165) is 64.8 Å². The highest BCUT2D eigenvalue weighted by atomic mass is 15.2. The first-order chi connectivity index (χ1) is 59.0. The largest absolute Gasteiger partial charge is 0.311 e. The second kappa shape index (κ2) is 21.5. The van der Waals surface area contributed by atoms with Crippen LogP contribution in [-0.2, 0) is 16.2 Å². The average molecular weight is 1310 g/mol. The minimum absolute atomic E-state index is 0.145. The molecule has 0 spiro atoms. The molecule has 0 fully saturated rings. The highest BCUT2D eigenvalue weighted by Gasteiger charge is 2.52. The Balaban J connectivity index is 0.995. The van der Waals surface area contributed by atoms with Crippen molar-refractivity contribution >= 4 is 101 Å². The van der Waals surface area contributed by atoms with E-state index in [4.69, 9.17) is 5.48 Å². The number of para-hydroxylation sites is 4. The molecule has 0 saturated heterocycles. The molecular formula is C96H67BN4. The highest BCUT2D eigenvalue weighted by molar-refractivity contribution is 7.00. The molecule has 2 aromatic heterocycles. The van der Waals surface area contributed by atoms with Crippen LogP contribution < -0.4 is 26.2 Å². The second-order valence-corrected chi connectivity index (χ2v) is 27.3. The summed E-state index contributed by atoms with van der Waals surface area (Å²) in [4.78, 5) is 3.76. The van der Waals surface area contributed by atoms with Crippen LogP contribution in [0, 0.1) is 0 Å². The van der Waals surface area contributed by atoms with Crippen molar-refractivity contribution in [2.45, 2.75) is 37.0 Å². The van der Waals surface area contributed by atoms with E-state index in [2.05, 4.69) is 72.8 Å². The van der Waals surface area contributed by atoms with E-state index in [9.17, 15) is 24.7 Å². The monoisotopic (exact) mass is 1310 g/mol. The smallest absolute Gasteiger partial charge is 0.252 e. The number of anilines is 6. The Morgan fingerprint density at radius 2 is 0.644 bits per heavy atom. The molecule has 0 saturated carbocycles. The van der Waals surface area contributed by atoms with Crippen molar-refractivity contribution < 1.29 is 30.2 Å². The molecule has 474 valence electrons. The molecule has 0 unspecified atom stereocenters. The van der Waals surface area contributed by atoms with Gasteiger partial charge in [0.15, 0.2) is 0 Å². The van der Waals surface area contributed by atoms with Gasteiger partial charge in [-0.25, -0.2) is 0 Å². The maximum atomic E-state index is 11.7. The van der Waals surface area contributed by atoms with E-state index < -0.39 is 189 Å². The van der Waals surface area contributed by atoms with Crippen LogP contribution >= 0.6 is 0 Å². The number of aromatic nitrogens is 2. The van der Waals surface area contributed by atoms with Gasteiger partial charge in [-0.1, -0.05) is 299 Å². The van der Waals surface area contributed by atoms with Crippen LogP contribution in [0.1, 0.15) is 101 Å². The van der Waals surface area contributed by atoms with Crippen molar-refractivity contribution in [1.82, 2.24) is 9.13 Å². The first-order valence-corrected chi connectivity index (χ1v) is 33.7. The summed E-state index contributed by atoms with van der Waals surface area (Å²) in [6.45, 7) is 4.45. The Kier molecular flexibility index (Phi) is 8.49. The normalized spacial score (nSPS) is 17.2. The SMILES string of the molecule is [2H]c1c([2H])c(-n2c3c([2H])c([2H])c([2H])c([2H])c3c3c([2H])c([2H])c([2H])c([2H])c32)c([2H])c2c1B1c3c(cc(C(C)(C)C)cc3N(c3cccc4c3-c3ccccc3C4(c3ccccc3)c3ccccc3)c3c([2H])c(-n4c5c([2H])c([2H])c([2H])c([2H])c5c5c([2H])c([2H])c([2H])c([2H])c54)c([2H])c([2H])c31)N2c1cccc2c1-c1ccccc1C2(c1ccccc1)c1ccccc1. The lowest BCUT2D eigenvalue weighted by Gasteiger charge is -2.46. The van der Waals surface area contributed by atoms with E-state index in [1.807, 2.05) is 176 Å². The predicted octanol–water partition coefficient (Wildman–Crippen LogP) is 22.0. The van der Waals surface area contributed by atoms with Gasteiger partial charge >= 0.3 is 0 Å². The number of nitrogens with zero attached hydrogens (tertiary/aromatic N) is 4. The summed E-state index contributed by atoms with van der Waals surface area (Å²) in [5.41, 5.74) is 5.78. The Morgan fingerprint density at radius 3 is 1.00 bits per heavy atom. The molecule has 0 radical (unpaired) electrons. The molecule has 0 amide bonds. The standard InChI is InChI=1S/C96H67BN4/c1-94(2,3)66-58-89-93-90(59-66)101(86-53-29-47-78-92(86)74-43-17-23-45-76(74)96(78,64-34-12-6-13-35-64)65-36-14-7-15-37-65)88-61-68(99-83-50-26-20-40-71(83)72-41-21-27-51-84(72)99)55-57-80(88)97(93)79-56-54-67(98-81-48-24-18-38-69(81)70-39-19-25-49-82(70)98)60-87(79)100(89)85-52-28-46-77-91(85)73-42-16-22-44-75(73)95(77,62-30-8-4-9-31-62)63-32-10-5-11-33-63/h4-61H,1-3H3/i18D,19D,20D,21D,24D,25D,26D,27D,38D,39D,40D,41D,48D,49D,50D,51D,54D,55D,56D,57D,60D,61D. The molecule has 15 aromatic carbocycles. The fourth-order valence-corrected chi connectivity index (χ4v) is 17.3. The van der Waals surface area contributed by atoms with Crippen LogP contribution in [0.2, 0.25) is 0 Å². The zero-order valence-corrected chi connectivity index (χ0v) is 54.7. The number of rotatable bonds is 8. The second-order valence-electron chi connectivity index (χ2n) is 27.3. The zero-order chi connectivity index (χ0) is 86.0. The van der Waals surface area contributed by atoms with E-state index in [1.54, 1.807) is 0 Å². The maximum Gasteiger partial charge on any atom is 0.252 e. The quantitative estimate of drug-likeness (QED) is 0.141. The molecule has 4 heterocycles. The van der Waals surface area contributed by atoms with Crippen molar-refractivity contribution in [2.24, 2.45) is 0 Å². The fourth-order valence-electron chi connectivity index (χ4n) is 17.3. The predicted molar refractivity (Wildman–Crippen MR) is 422 cm³/mol. The van der Waals surface area contributed by atoms with Gasteiger partial charge in [0.1, 0.15) is 0 Å². The number of fused-ring (bicyclic) bond motifs is 16. The molecule has 2 aliphatic heterocycles. The van der Waals surface area contributed by atoms with Gasteiger partial charge in [-0.3, -0.25) is 0 Å². The summed E-state index contributed by atoms with van der Waals surface area (Å²) in [5.74, 6) is 0. The molecule has 2 aliphatic carbocycles. The van der Waals surface area contributed by atoms with Crippen LogP contribution in [0.25, 0.3) is 77.2 Å². The Bertz CT molecular complexity index is 6990. The highest BCUT2D eigenvalue weighted by Crippen LogP contribution is 2.63. The van der Waals surface area contributed by atoms with Gasteiger partial charge in [-0.05, 0) is 156 Å². The zero-order valence-electron chi connectivity index (χ0n) is 76.7. The van der Waals surface area contributed by atoms with Gasteiger partial charge in [0, 0.05) is 66.8 Å². The van der Waals surface area contributed by atoms with Gasteiger partial charge in [0.2, 0.25) is 0 Å². The van der Waals surface area contributed by atoms with Crippen LogP contribution in [0.3, 0.4) is 0 Å². The summed E-state index contributed by atoms with van der Waals surface area (Å²) >= 11 is 0. The van der Waals surface area contributed by atoms with Gasteiger partial charge in [0.25, 0.3) is 6.71 Å². The molecular weight excluding hydrogens is 1220 g/mol. The maximum absolute atomic E-state index is 11.7. The van der Waals surface area contributed by atoms with E-state index >= 15 is 0 Å². The molecule has 5 heteroatoms. The third-order valence-electron chi connectivity index (χ3n) is 21.3. The summed E-state index contributed by atoms with van der Waals surface area (Å²) in [6.07, 6.45) is 0. The summed E-state index contributed by atoms with van der Waals surface area (Å²) < 4.78 is 222. The van der Waals surface area contributed by atoms with Gasteiger partial charge < -0.3 is 18.9 Å². The van der Waals surface area contributed by atoms with Crippen LogP contribution in [0.4, 0.5) is 34.1 Å². The average Bonchev–Trinajstić information content (AvgIpc) is 1.66. The topological polar surface area (TPSA) is 16.3 Å². The lowest BCUT2D eigenvalue weighted by atomic mass is 9.33. The first-order valence-electron chi connectivity index (χ1n) is 44.7. The van der Waals surface area contributed by atoms with Crippen LogP contribution in [0.5, 0.6) is 0 Å². The molecule has 0 bridgehead atoms. The van der Waals surface area contributed by atoms with Gasteiger partial charge in [0.05, 0.1) is 74.4 Å². The lowest BCUT2D eigenvalue weighted by molar-refractivity contribution is 0.590. The van der Waals surface area contributed by atoms with Crippen molar-refractivity contribution in [3.05, 3.63) is 401 Å². The molecule has 0 N–H and O–H groups in total. The summed E-state index contributed by atoms with van der Waals surface area (Å²) in [5, 5.41) is -1.39. The van der Waals surface area contributed by atoms with Crippen LogP contribution in [0.15, 0.2) is 351 Å². The minimum Gasteiger partial charge on any atom is -0.311 e. The fraction of sp³-hybridized carbons (Fsp3) is 0.0625. The number of hydrogen-bond acceptors (Lipinski definition) is 2. The minimum atomic E-state index is -1.62. The Hall–Kier alpha value is -12.4. The van der Waals surface area contributed by atoms with Crippen LogP contribution in [-0.4, -0.2) is 15.8 Å². The summed E-state index contributed by atoms with van der Waals surface area (Å²) in [6, 6.07) is 56.6. The summed E-state index contributed by atoms with van der Waals surface area (Å²) in [7, 11) is 0. The Labute approximate surface area is 619 Å². The molecule has 4 nitrogen and oxygen atoms in total. The lowest BCUT2D eigenvalue weighted by Crippen LogP contribution is -2.61. The molecule has 4 aliphatic rings. The van der Waals surface area contributed by atoms with Crippen molar-refractivity contribution in [2.75, 3.05) is 9.80 Å². The molecule has 17 aromatic rings. The van der Waals surface area contributed by atoms with E-state index in [0.29, 0.717) is 44.9 Å².